The minimum absolute atomic E-state index is 0.0457. The molecule has 1 atom stereocenters. The van der Waals surface area contributed by atoms with Gasteiger partial charge in [0, 0.05) is 18.7 Å². The van der Waals surface area contributed by atoms with Crippen molar-refractivity contribution in [1.82, 2.24) is 10.2 Å². The number of carbonyl (C=O) groups is 2. The maximum atomic E-state index is 14.1. The van der Waals surface area contributed by atoms with Crippen LogP contribution in [0.25, 0.3) is 0 Å². The lowest BCUT2D eigenvalue weighted by molar-refractivity contribution is -0.139. The molecule has 1 N–H and O–H groups in total. The van der Waals surface area contributed by atoms with E-state index in [1.165, 1.54) is 17.0 Å². The first-order chi connectivity index (χ1) is 19.8. The zero-order chi connectivity index (χ0) is 28.8. The number of amides is 2. The van der Waals surface area contributed by atoms with Crippen LogP contribution < -0.4 is 19.1 Å². The third-order valence-corrected chi connectivity index (χ3v) is 9.28. The fourth-order valence-electron chi connectivity index (χ4n) is 5.19. The van der Waals surface area contributed by atoms with E-state index in [1.807, 2.05) is 30.3 Å². The Kier molecular flexibility index (Phi) is 8.78. The van der Waals surface area contributed by atoms with Gasteiger partial charge in [0.1, 0.15) is 25.8 Å². The summed E-state index contributed by atoms with van der Waals surface area (Å²) in [4.78, 5) is 28.9. The molecule has 1 heterocycles. The predicted molar refractivity (Wildman–Crippen MR) is 155 cm³/mol. The summed E-state index contributed by atoms with van der Waals surface area (Å²) in [6.45, 7) is 2.06. The van der Waals surface area contributed by atoms with E-state index in [1.54, 1.807) is 43.3 Å². The van der Waals surface area contributed by atoms with Gasteiger partial charge in [-0.25, -0.2) is 8.42 Å². The Bertz CT molecular complexity index is 1460. The van der Waals surface area contributed by atoms with Crippen molar-refractivity contribution in [2.75, 3.05) is 24.1 Å². The summed E-state index contributed by atoms with van der Waals surface area (Å²) in [6, 6.07) is 21.4. The molecule has 0 unspecified atom stereocenters. The van der Waals surface area contributed by atoms with E-state index in [2.05, 4.69) is 5.32 Å². The molecule has 0 bridgehead atoms. The minimum atomic E-state index is -4.16. The van der Waals surface area contributed by atoms with E-state index < -0.39 is 28.5 Å². The van der Waals surface area contributed by atoms with Crippen molar-refractivity contribution >= 4 is 27.5 Å². The summed E-state index contributed by atoms with van der Waals surface area (Å²) in [6.07, 6.45) is 3.96. The molecule has 5 rings (SSSR count). The SMILES string of the molecule is C[C@@H](C(=O)NC1CCCC1)N(Cc1ccccc1)C(=O)CN(c1ccc2c(c1)OCCO2)S(=O)(=O)c1ccccc1. The molecule has 1 fully saturated rings. The molecule has 2 aliphatic rings. The summed E-state index contributed by atoms with van der Waals surface area (Å²) in [5.74, 6) is 0.154. The lowest BCUT2D eigenvalue weighted by Gasteiger charge is -2.32. The molecular formula is C31H35N3O6S. The van der Waals surface area contributed by atoms with Crippen molar-refractivity contribution in [3.05, 3.63) is 84.4 Å². The number of hydrogen-bond donors (Lipinski definition) is 1. The molecule has 0 aromatic heterocycles. The van der Waals surface area contributed by atoms with E-state index in [9.17, 15) is 18.0 Å². The van der Waals surface area contributed by atoms with Gasteiger partial charge in [0.15, 0.2) is 11.5 Å². The van der Waals surface area contributed by atoms with Crippen molar-refractivity contribution in [3.63, 3.8) is 0 Å². The van der Waals surface area contributed by atoms with Crippen molar-refractivity contribution < 1.29 is 27.5 Å². The van der Waals surface area contributed by atoms with Gasteiger partial charge in [-0.1, -0.05) is 61.4 Å². The normalized spacial score (nSPS) is 15.6. The van der Waals surface area contributed by atoms with Crippen molar-refractivity contribution in [2.45, 2.75) is 56.1 Å². The van der Waals surface area contributed by atoms with E-state index >= 15 is 0 Å². The molecule has 1 aliphatic carbocycles. The largest absolute Gasteiger partial charge is 0.486 e. The van der Waals surface area contributed by atoms with Gasteiger partial charge in [-0.15, -0.1) is 0 Å². The first-order valence-electron chi connectivity index (χ1n) is 13.9. The van der Waals surface area contributed by atoms with Crippen LogP contribution in [0, 0.1) is 0 Å². The number of nitrogens with one attached hydrogen (secondary N) is 1. The van der Waals surface area contributed by atoms with Crippen molar-refractivity contribution in [2.24, 2.45) is 0 Å². The Morgan fingerprint density at radius 3 is 2.22 bits per heavy atom. The molecule has 1 saturated carbocycles. The third-order valence-electron chi connectivity index (χ3n) is 7.49. The Morgan fingerprint density at radius 1 is 0.902 bits per heavy atom. The van der Waals surface area contributed by atoms with Gasteiger partial charge in [0.05, 0.1) is 10.6 Å². The second kappa shape index (κ2) is 12.6. The quantitative estimate of drug-likeness (QED) is 0.389. The average molecular weight is 578 g/mol. The number of hydrogen-bond acceptors (Lipinski definition) is 6. The molecular weight excluding hydrogens is 542 g/mol. The van der Waals surface area contributed by atoms with Crippen LogP contribution in [-0.4, -0.2) is 57.0 Å². The summed E-state index contributed by atoms with van der Waals surface area (Å²) in [5.41, 5.74) is 1.09. The molecule has 2 amide bonds. The molecule has 0 radical (unpaired) electrons. The minimum Gasteiger partial charge on any atom is -0.486 e. The number of sulfonamides is 1. The number of benzene rings is 3. The Labute approximate surface area is 241 Å². The summed E-state index contributed by atoms with van der Waals surface area (Å²) < 4.78 is 40.3. The highest BCUT2D eigenvalue weighted by atomic mass is 32.2. The number of carbonyl (C=O) groups excluding carboxylic acids is 2. The highest BCUT2D eigenvalue weighted by Gasteiger charge is 2.34. The number of ether oxygens (including phenoxy) is 2. The zero-order valence-corrected chi connectivity index (χ0v) is 23.9. The van der Waals surface area contributed by atoms with Gasteiger partial charge in [-0.3, -0.25) is 13.9 Å². The molecule has 3 aromatic rings. The first-order valence-corrected chi connectivity index (χ1v) is 15.4. The number of fused-ring (bicyclic) bond motifs is 1. The van der Waals surface area contributed by atoms with Gasteiger partial charge in [-0.05, 0) is 49.6 Å². The molecule has 0 saturated heterocycles. The van der Waals surface area contributed by atoms with E-state index in [0.717, 1.165) is 35.6 Å². The van der Waals surface area contributed by atoms with E-state index in [0.29, 0.717) is 24.7 Å². The van der Waals surface area contributed by atoms with Crippen LogP contribution in [0.1, 0.15) is 38.2 Å². The number of rotatable bonds is 10. The zero-order valence-electron chi connectivity index (χ0n) is 23.1. The molecule has 216 valence electrons. The van der Waals surface area contributed by atoms with Gasteiger partial charge in [-0.2, -0.15) is 0 Å². The van der Waals surface area contributed by atoms with Crippen LogP contribution in [0.15, 0.2) is 83.8 Å². The molecule has 3 aromatic carbocycles. The van der Waals surface area contributed by atoms with Crippen LogP contribution in [0.3, 0.4) is 0 Å². The second-order valence-corrected chi connectivity index (χ2v) is 12.2. The number of nitrogens with zero attached hydrogens (tertiary/aromatic N) is 2. The smallest absolute Gasteiger partial charge is 0.264 e. The molecule has 0 spiro atoms. The fraction of sp³-hybridized carbons (Fsp3) is 0.355. The molecule has 41 heavy (non-hydrogen) atoms. The molecule has 10 heteroatoms. The topological polar surface area (TPSA) is 105 Å². The summed E-state index contributed by atoms with van der Waals surface area (Å²) >= 11 is 0. The van der Waals surface area contributed by atoms with Crippen LogP contribution >= 0.6 is 0 Å². The van der Waals surface area contributed by atoms with Crippen LogP contribution in [-0.2, 0) is 26.2 Å². The summed E-state index contributed by atoms with van der Waals surface area (Å²) in [5, 5.41) is 3.08. The van der Waals surface area contributed by atoms with Gasteiger partial charge < -0.3 is 19.7 Å². The third kappa shape index (κ3) is 6.65. The van der Waals surface area contributed by atoms with E-state index in [-0.39, 0.29) is 29.1 Å². The van der Waals surface area contributed by atoms with Crippen molar-refractivity contribution in [1.29, 1.82) is 0 Å². The predicted octanol–water partition coefficient (Wildman–Crippen LogP) is 4.13. The average Bonchev–Trinajstić information content (AvgIpc) is 3.52. The maximum absolute atomic E-state index is 14.1. The highest BCUT2D eigenvalue weighted by molar-refractivity contribution is 7.92. The van der Waals surface area contributed by atoms with Gasteiger partial charge in [0.2, 0.25) is 11.8 Å². The monoisotopic (exact) mass is 577 g/mol. The van der Waals surface area contributed by atoms with Gasteiger partial charge >= 0.3 is 0 Å². The lowest BCUT2D eigenvalue weighted by Crippen LogP contribution is -2.52. The van der Waals surface area contributed by atoms with E-state index in [4.69, 9.17) is 9.47 Å². The number of anilines is 1. The first kappa shape index (κ1) is 28.5. The Balaban J connectivity index is 1.48. The summed E-state index contributed by atoms with van der Waals surface area (Å²) in [7, 11) is -4.16. The van der Waals surface area contributed by atoms with Crippen molar-refractivity contribution in [3.8, 4) is 11.5 Å². The Morgan fingerprint density at radius 2 is 1.54 bits per heavy atom. The second-order valence-electron chi connectivity index (χ2n) is 10.3. The molecule has 1 aliphatic heterocycles. The van der Waals surface area contributed by atoms with Crippen LogP contribution in [0.5, 0.6) is 11.5 Å². The standard InChI is InChI=1S/C31H35N3O6S/c1-23(31(36)32-25-12-8-9-13-25)33(21-24-10-4-2-5-11-24)30(35)22-34(41(37,38)27-14-6-3-7-15-27)26-16-17-28-29(20-26)40-19-18-39-28/h2-7,10-11,14-17,20,23,25H,8-9,12-13,18-19,21-22H2,1H3,(H,32,36)/t23-/m0/s1. The molecule has 9 nitrogen and oxygen atoms in total. The fourth-order valence-corrected chi connectivity index (χ4v) is 6.62. The van der Waals surface area contributed by atoms with Crippen LogP contribution in [0.2, 0.25) is 0 Å². The highest BCUT2D eigenvalue weighted by Crippen LogP contribution is 2.36. The Hall–Kier alpha value is -4.05. The lowest BCUT2D eigenvalue weighted by atomic mass is 10.1. The van der Waals surface area contributed by atoms with Crippen LogP contribution in [0.4, 0.5) is 5.69 Å². The van der Waals surface area contributed by atoms with Gasteiger partial charge in [0.25, 0.3) is 10.0 Å². The maximum Gasteiger partial charge on any atom is 0.264 e.